The van der Waals surface area contributed by atoms with Crippen molar-refractivity contribution in [3.05, 3.63) is 35.5 Å². The molecule has 0 bridgehead atoms. The van der Waals surface area contributed by atoms with Gasteiger partial charge in [0.2, 0.25) is 0 Å². The number of nitrogens with zero attached hydrogens (tertiary/aromatic N) is 2. The molecule has 1 aliphatic rings. The van der Waals surface area contributed by atoms with E-state index in [0.29, 0.717) is 17.8 Å². The lowest BCUT2D eigenvalue weighted by molar-refractivity contribution is -0.137. The number of ether oxygens (including phenoxy) is 1. The lowest BCUT2D eigenvalue weighted by Gasteiger charge is -2.24. The first kappa shape index (κ1) is 21.6. The molecule has 0 saturated heterocycles. The highest BCUT2D eigenvalue weighted by Crippen LogP contribution is 2.37. The van der Waals surface area contributed by atoms with Gasteiger partial charge in [-0.15, -0.1) is 0 Å². The van der Waals surface area contributed by atoms with E-state index in [4.69, 9.17) is 4.74 Å². The van der Waals surface area contributed by atoms with Crippen molar-refractivity contribution in [2.45, 2.75) is 50.9 Å². The Morgan fingerprint density at radius 2 is 1.97 bits per heavy atom. The van der Waals surface area contributed by atoms with Crippen LogP contribution in [0.4, 0.5) is 13.2 Å². The summed E-state index contributed by atoms with van der Waals surface area (Å²) in [4.78, 5) is 2.10. The zero-order valence-electron chi connectivity index (χ0n) is 17.0. The van der Waals surface area contributed by atoms with Crippen LogP contribution in [-0.2, 0) is 12.7 Å². The molecule has 0 radical (unpaired) electrons. The molecule has 29 heavy (non-hydrogen) atoms. The van der Waals surface area contributed by atoms with E-state index in [1.807, 2.05) is 14.1 Å². The summed E-state index contributed by atoms with van der Waals surface area (Å²) in [5, 5.41) is 10.1. The third-order valence-corrected chi connectivity index (χ3v) is 5.27. The minimum Gasteiger partial charge on any atom is -0.490 e. The molecule has 0 unspecified atom stereocenters. The summed E-state index contributed by atoms with van der Waals surface area (Å²) in [5.74, 6) is 0.263. The lowest BCUT2D eigenvalue weighted by atomic mass is 9.97. The average molecular weight is 410 g/mol. The molecule has 1 aliphatic carbocycles. The number of aromatic nitrogens is 2. The van der Waals surface area contributed by atoms with Gasteiger partial charge in [-0.3, -0.25) is 5.10 Å². The van der Waals surface area contributed by atoms with Crippen LogP contribution in [0.25, 0.3) is 11.3 Å². The van der Waals surface area contributed by atoms with Crippen LogP contribution in [-0.4, -0.2) is 48.4 Å². The molecule has 0 aliphatic heterocycles. The van der Waals surface area contributed by atoms with Crippen molar-refractivity contribution in [3.8, 4) is 17.0 Å². The predicted octanol–water partition coefficient (Wildman–Crippen LogP) is 4.46. The topological polar surface area (TPSA) is 53.2 Å². The van der Waals surface area contributed by atoms with Gasteiger partial charge in [-0.2, -0.15) is 18.3 Å². The second-order valence-electron chi connectivity index (χ2n) is 7.72. The number of likely N-dealkylation sites (N-methyl/N-ethyl adjacent to an activating group) is 2. The van der Waals surface area contributed by atoms with E-state index in [2.05, 4.69) is 20.4 Å². The molecule has 160 valence electrons. The number of hydrogen-bond acceptors (Lipinski definition) is 4. The molecular weight excluding hydrogens is 381 g/mol. The van der Waals surface area contributed by atoms with Crippen molar-refractivity contribution < 1.29 is 17.9 Å². The van der Waals surface area contributed by atoms with Gasteiger partial charge in [0, 0.05) is 37.0 Å². The van der Waals surface area contributed by atoms with Gasteiger partial charge < -0.3 is 15.0 Å². The van der Waals surface area contributed by atoms with Crippen molar-refractivity contribution in [2.75, 3.05) is 27.2 Å². The third kappa shape index (κ3) is 5.96. The van der Waals surface area contributed by atoms with Crippen LogP contribution in [0.1, 0.15) is 43.2 Å². The van der Waals surface area contributed by atoms with Crippen LogP contribution in [0.5, 0.6) is 5.75 Å². The highest BCUT2D eigenvalue weighted by molar-refractivity contribution is 5.66. The summed E-state index contributed by atoms with van der Waals surface area (Å²) in [6.45, 7) is 2.23. The van der Waals surface area contributed by atoms with Gasteiger partial charge in [0.1, 0.15) is 5.75 Å². The van der Waals surface area contributed by atoms with Crippen molar-refractivity contribution in [3.63, 3.8) is 0 Å². The summed E-state index contributed by atoms with van der Waals surface area (Å²) >= 11 is 0. The molecule has 2 N–H and O–H groups in total. The normalized spacial score (nSPS) is 15.8. The first-order chi connectivity index (χ1) is 13.9. The fourth-order valence-corrected chi connectivity index (χ4v) is 3.70. The van der Waals surface area contributed by atoms with Crippen molar-refractivity contribution in [1.82, 2.24) is 20.4 Å². The fourth-order valence-electron chi connectivity index (χ4n) is 3.70. The van der Waals surface area contributed by atoms with Crippen LogP contribution < -0.4 is 10.1 Å². The number of halogens is 3. The predicted molar refractivity (Wildman–Crippen MR) is 107 cm³/mol. The summed E-state index contributed by atoms with van der Waals surface area (Å²) < 4.78 is 46.5. The number of rotatable bonds is 8. The Bertz CT molecular complexity index is 784. The van der Waals surface area contributed by atoms with Gasteiger partial charge in [0.15, 0.2) is 0 Å². The van der Waals surface area contributed by atoms with Crippen molar-refractivity contribution in [2.24, 2.45) is 0 Å². The van der Waals surface area contributed by atoms with Gasteiger partial charge in [-0.1, -0.05) is 6.42 Å². The molecule has 1 fully saturated rings. The van der Waals surface area contributed by atoms with Crippen molar-refractivity contribution >= 4 is 0 Å². The quantitative estimate of drug-likeness (QED) is 0.675. The van der Waals surface area contributed by atoms with E-state index in [1.54, 1.807) is 12.3 Å². The standard InChI is InChI=1S/C21H29F3N4O/c1-25-8-9-28(2)14-16-13-26-27-20(16)15-10-17(21(22,23)24)12-19(11-15)29-18-6-4-3-5-7-18/h10-13,18,25H,3-9,14H2,1-2H3,(H,26,27). The molecule has 0 amide bonds. The molecule has 1 aromatic heterocycles. The monoisotopic (exact) mass is 410 g/mol. The van der Waals surface area contributed by atoms with E-state index in [1.165, 1.54) is 0 Å². The van der Waals surface area contributed by atoms with Gasteiger partial charge in [-0.05, 0) is 58.0 Å². The van der Waals surface area contributed by atoms with E-state index < -0.39 is 11.7 Å². The Balaban J connectivity index is 1.88. The number of hydrogen-bond donors (Lipinski definition) is 2. The van der Waals surface area contributed by atoms with Crippen LogP contribution >= 0.6 is 0 Å². The molecule has 3 rings (SSSR count). The zero-order chi connectivity index (χ0) is 20.9. The van der Waals surface area contributed by atoms with E-state index >= 15 is 0 Å². The maximum atomic E-state index is 13.5. The molecule has 8 heteroatoms. The van der Waals surface area contributed by atoms with Gasteiger partial charge >= 0.3 is 6.18 Å². The third-order valence-electron chi connectivity index (χ3n) is 5.27. The molecule has 1 saturated carbocycles. The number of alkyl halides is 3. The Labute approximate surface area is 169 Å². The second kappa shape index (κ2) is 9.63. The highest BCUT2D eigenvalue weighted by atomic mass is 19.4. The number of benzene rings is 1. The van der Waals surface area contributed by atoms with Gasteiger partial charge in [-0.25, -0.2) is 0 Å². The minimum atomic E-state index is -4.44. The van der Waals surface area contributed by atoms with E-state index in [0.717, 1.165) is 62.9 Å². The summed E-state index contributed by atoms with van der Waals surface area (Å²) in [5.41, 5.74) is 1.09. The zero-order valence-corrected chi connectivity index (χ0v) is 17.0. The molecule has 1 aromatic carbocycles. The smallest absolute Gasteiger partial charge is 0.416 e. The first-order valence-corrected chi connectivity index (χ1v) is 10.1. The molecule has 1 heterocycles. The Morgan fingerprint density at radius 1 is 1.21 bits per heavy atom. The van der Waals surface area contributed by atoms with Gasteiger partial charge in [0.25, 0.3) is 0 Å². The molecule has 0 spiro atoms. The maximum Gasteiger partial charge on any atom is 0.416 e. The van der Waals surface area contributed by atoms with Gasteiger partial charge in [0.05, 0.1) is 17.4 Å². The molecular formula is C21H29F3N4O. The molecule has 2 aromatic rings. The molecule has 5 nitrogen and oxygen atoms in total. The maximum absolute atomic E-state index is 13.5. The fraction of sp³-hybridized carbons (Fsp3) is 0.571. The molecule has 0 atom stereocenters. The number of nitrogens with one attached hydrogen (secondary N) is 2. The van der Waals surface area contributed by atoms with Crippen LogP contribution in [0.15, 0.2) is 24.4 Å². The number of aromatic amines is 1. The Morgan fingerprint density at radius 3 is 2.66 bits per heavy atom. The SMILES string of the molecule is CNCCN(C)Cc1c[nH]nc1-c1cc(OC2CCCCC2)cc(C(F)(F)F)c1. The summed E-state index contributed by atoms with van der Waals surface area (Å²) in [7, 11) is 3.85. The van der Waals surface area contributed by atoms with Crippen LogP contribution in [0, 0.1) is 0 Å². The lowest BCUT2D eigenvalue weighted by Crippen LogP contribution is -2.27. The van der Waals surface area contributed by atoms with Crippen molar-refractivity contribution in [1.29, 1.82) is 0 Å². The summed E-state index contributed by atoms with van der Waals surface area (Å²) in [6.07, 6.45) is 2.31. The summed E-state index contributed by atoms with van der Waals surface area (Å²) in [6, 6.07) is 3.93. The second-order valence-corrected chi connectivity index (χ2v) is 7.72. The highest BCUT2D eigenvalue weighted by Gasteiger charge is 2.32. The average Bonchev–Trinajstić information content (AvgIpc) is 3.14. The van der Waals surface area contributed by atoms with E-state index in [-0.39, 0.29) is 11.9 Å². The van der Waals surface area contributed by atoms with Crippen LogP contribution in [0.3, 0.4) is 0 Å². The number of H-pyrrole nitrogens is 1. The Kier molecular flexibility index (Phi) is 7.18. The van der Waals surface area contributed by atoms with E-state index in [9.17, 15) is 13.2 Å². The Hall–Kier alpha value is -2.06. The minimum absolute atomic E-state index is 0.0218. The first-order valence-electron chi connectivity index (χ1n) is 10.1. The largest absolute Gasteiger partial charge is 0.490 e. The van der Waals surface area contributed by atoms with Crippen LogP contribution in [0.2, 0.25) is 0 Å².